The van der Waals surface area contributed by atoms with E-state index in [1.807, 2.05) is 30.3 Å². The number of aromatic nitrogens is 2. The van der Waals surface area contributed by atoms with E-state index in [0.29, 0.717) is 5.69 Å². The van der Waals surface area contributed by atoms with Crippen LogP contribution in [0, 0.1) is 0 Å². The Morgan fingerprint density at radius 2 is 1.79 bits per heavy atom. The second-order valence-corrected chi connectivity index (χ2v) is 4.29. The van der Waals surface area contributed by atoms with Crippen LogP contribution in [0.5, 0.6) is 0 Å². The Balaban J connectivity index is 2.47. The molecule has 72 valence electrons. The largest absolute Gasteiger partial charge is 0.174 e. The van der Waals surface area contributed by atoms with Crippen molar-refractivity contribution >= 4 is 34.9 Å². The first kappa shape index (κ1) is 9.90. The molecule has 1 aromatic carbocycles. The summed E-state index contributed by atoms with van der Waals surface area (Å²) in [5, 5.41) is 0. The Morgan fingerprint density at radius 3 is 2.43 bits per heavy atom. The number of alkyl halides is 2. The minimum absolute atomic E-state index is 0.621. The molecule has 0 spiro atoms. The van der Waals surface area contributed by atoms with Crippen molar-refractivity contribution in [2.45, 2.75) is 4.84 Å². The third-order valence-corrected chi connectivity index (χ3v) is 2.72. The van der Waals surface area contributed by atoms with E-state index < -0.39 is 4.84 Å². The summed E-state index contributed by atoms with van der Waals surface area (Å²) in [5.41, 5.74) is 2.39. The zero-order valence-corrected chi connectivity index (χ0v) is 9.35. The minimum Gasteiger partial charge on any atom is -0.174 e. The van der Waals surface area contributed by atoms with Gasteiger partial charge in [0.05, 0.1) is 11.7 Å². The lowest BCUT2D eigenvalue weighted by atomic mass is 10.1. The van der Waals surface area contributed by atoms with E-state index >= 15 is 0 Å². The van der Waals surface area contributed by atoms with Crippen LogP contribution in [0.15, 0.2) is 30.3 Å². The number of benzene rings is 1. The minimum atomic E-state index is -0.621. The van der Waals surface area contributed by atoms with Crippen LogP contribution in [0.25, 0.3) is 11.3 Å². The lowest BCUT2D eigenvalue weighted by Crippen LogP contribution is -1.86. The van der Waals surface area contributed by atoms with Crippen molar-refractivity contribution in [3.8, 4) is 11.3 Å². The monoisotopic (exact) mass is 244 g/mol. The van der Waals surface area contributed by atoms with Crippen LogP contribution in [0.1, 0.15) is 10.5 Å². The Bertz CT molecular complexity index is 414. The average molecular weight is 245 g/mol. The number of hydrogen-bond donors (Lipinski definition) is 0. The lowest BCUT2D eigenvalue weighted by Gasteiger charge is -2.00. The highest BCUT2D eigenvalue weighted by Gasteiger charge is 2.15. The SMILES string of the molecule is ClC(Cl)c1nsnc1-c1ccccc1. The number of halogens is 2. The highest BCUT2D eigenvalue weighted by molar-refractivity contribution is 6.99. The van der Waals surface area contributed by atoms with Gasteiger partial charge < -0.3 is 0 Å². The van der Waals surface area contributed by atoms with Crippen molar-refractivity contribution in [1.82, 2.24) is 8.75 Å². The second-order valence-electron chi connectivity index (χ2n) is 2.66. The van der Waals surface area contributed by atoms with Crippen LogP contribution in [0.3, 0.4) is 0 Å². The van der Waals surface area contributed by atoms with Gasteiger partial charge >= 0.3 is 0 Å². The molecule has 2 rings (SSSR count). The zero-order valence-electron chi connectivity index (χ0n) is 7.02. The van der Waals surface area contributed by atoms with Crippen molar-refractivity contribution in [3.05, 3.63) is 36.0 Å². The molecule has 5 heteroatoms. The van der Waals surface area contributed by atoms with E-state index in [-0.39, 0.29) is 0 Å². The van der Waals surface area contributed by atoms with Gasteiger partial charge in [-0.1, -0.05) is 53.5 Å². The second kappa shape index (κ2) is 4.26. The number of hydrogen-bond acceptors (Lipinski definition) is 3. The molecule has 0 bridgehead atoms. The van der Waals surface area contributed by atoms with Gasteiger partial charge in [-0.25, -0.2) is 0 Å². The van der Waals surface area contributed by atoms with Gasteiger partial charge in [0.2, 0.25) is 0 Å². The summed E-state index contributed by atoms with van der Waals surface area (Å²) in [6.07, 6.45) is 0. The van der Waals surface area contributed by atoms with E-state index in [0.717, 1.165) is 23.0 Å². The maximum absolute atomic E-state index is 5.77. The zero-order chi connectivity index (χ0) is 9.97. The summed E-state index contributed by atoms with van der Waals surface area (Å²) in [6.45, 7) is 0. The van der Waals surface area contributed by atoms with Crippen molar-refractivity contribution in [2.24, 2.45) is 0 Å². The summed E-state index contributed by atoms with van der Waals surface area (Å²) >= 11 is 12.7. The highest BCUT2D eigenvalue weighted by atomic mass is 35.5. The molecule has 1 aromatic heterocycles. The summed E-state index contributed by atoms with van der Waals surface area (Å²) in [6, 6.07) is 9.74. The molecule has 0 saturated heterocycles. The molecule has 1 heterocycles. The maximum Gasteiger partial charge on any atom is 0.152 e. The molecule has 2 aromatic rings. The average Bonchev–Trinajstić information content (AvgIpc) is 2.67. The topological polar surface area (TPSA) is 25.8 Å². The quantitative estimate of drug-likeness (QED) is 0.754. The molecule has 0 amide bonds. The van der Waals surface area contributed by atoms with Crippen LogP contribution in [0.4, 0.5) is 0 Å². The molecular weight excluding hydrogens is 239 g/mol. The molecule has 0 aliphatic heterocycles. The van der Waals surface area contributed by atoms with Crippen LogP contribution >= 0.6 is 34.9 Å². The lowest BCUT2D eigenvalue weighted by molar-refractivity contribution is 1.24. The van der Waals surface area contributed by atoms with E-state index in [1.54, 1.807) is 0 Å². The molecular formula is C9H6Cl2N2S. The van der Waals surface area contributed by atoms with Gasteiger partial charge in [-0.05, 0) is 0 Å². The fraction of sp³-hybridized carbons (Fsp3) is 0.111. The van der Waals surface area contributed by atoms with Gasteiger partial charge in [0.1, 0.15) is 11.4 Å². The summed E-state index contributed by atoms with van der Waals surface area (Å²) in [5.74, 6) is 0. The number of nitrogens with zero attached hydrogens (tertiary/aromatic N) is 2. The van der Waals surface area contributed by atoms with Gasteiger partial charge in [-0.2, -0.15) is 8.75 Å². The van der Waals surface area contributed by atoms with Crippen molar-refractivity contribution < 1.29 is 0 Å². The summed E-state index contributed by atoms with van der Waals surface area (Å²) in [7, 11) is 0. The van der Waals surface area contributed by atoms with Gasteiger partial charge in [0, 0.05) is 5.56 Å². The third-order valence-electron chi connectivity index (χ3n) is 1.77. The fourth-order valence-electron chi connectivity index (χ4n) is 1.14. The van der Waals surface area contributed by atoms with E-state index in [1.165, 1.54) is 0 Å². The van der Waals surface area contributed by atoms with Crippen molar-refractivity contribution in [3.63, 3.8) is 0 Å². The molecule has 0 aliphatic carbocycles. The predicted octanol–water partition coefficient (Wildman–Crippen LogP) is 3.68. The predicted molar refractivity (Wildman–Crippen MR) is 59.8 cm³/mol. The third kappa shape index (κ3) is 1.90. The van der Waals surface area contributed by atoms with Crippen LogP contribution < -0.4 is 0 Å². The van der Waals surface area contributed by atoms with Crippen LogP contribution in [-0.2, 0) is 0 Å². The molecule has 0 radical (unpaired) electrons. The number of rotatable bonds is 2. The highest BCUT2D eigenvalue weighted by Crippen LogP contribution is 2.31. The molecule has 0 saturated carbocycles. The molecule has 0 N–H and O–H groups in total. The van der Waals surface area contributed by atoms with E-state index in [9.17, 15) is 0 Å². The summed E-state index contributed by atoms with van der Waals surface area (Å²) < 4.78 is 8.23. The van der Waals surface area contributed by atoms with Gasteiger partial charge in [0.15, 0.2) is 4.84 Å². The normalized spacial score (nSPS) is 10.8. The van der Waals surface area contributed by atoms with Crippen LogP contribution in [0.2, 0.25) is 0 Å². The van der Waals surface area contributed by atoms with E-state index in [4.69, 9.17) is 23.2 Å². The maximum atomic E-state index is 5.77. The molecule has 14 heavy (non-hydrogen) atoms. The Labute approximate surface area is 95.8 Å². The fourth-order valence-corrected chi connectivity index (χ4v) is 2.16. The molecule has 2 nitrogen and oxygen atoms in total. The Morgan fingerprint density at radius 1 is 1.07 bits per heavy atom. The molecule has 0 atom stereocenters. The Kier molecular flexibility index (Phi) is 3.01. The van der Waals surface area contributed by atoms with Crippen LogP contribution in [-0.4, -0.2) is 8.75 Å². The first-order chi connectivity index (χ1) is 6.79. The molecule has 0 aliphatic rings. The Hall–Kier alpha value is -0.640. The standard InChI is InChI=1S/C9H6Cl2N2S/c10-9(11)8-7(12-14-13-8)6-4-2-1-3-5-6/h1-5,9H. The molecule has 0 unspecified atom stereocenters. The first-order valence-corrected chi connectivity index (χ1v) is 5.55. The van der Waals surface area contributed by atoms with Gasteiger partial charge in [-0.3, -0.25) is 0 Å². The van der Waals surface area contributed by atoms with E-state index in [2.05, 4.69) is 8.75 Å². The molecule has 0 fully saturated rings. The summed E-state index contributed by atoms with van der Waals surface area (Å²) in [4.78, 5) is -0.621. The smallest absolute Gasteiger partial charge is 0.152 e. The van der Waals surface area contributed by atoms with Crippen molar-refractivity contribution in [2.75, 3.05) is 0 Å². The van der Waals surface area contributed by atoms with Gasteiger partial charge in [-0.15, -0.1) is 0 Å². The van der Waals surface area contributed by atoms with Gasteiger partial charge in [0.25, 0.3) is 0 Å². The first-order valence-electron chi connectivity index (χ1n) is 3.95. The van der Waals surface area contributed by atoms with Crippen molar-refractivity contribution in [1.29, 1.82) is 0 Å².